The Hall–Kier alpha value is -3.25. The lowest BCUT2D eigenvalue weighted by Crippen LogP contribution is -2.57. The number of halogens is 1. The van der Waals surface area contributed by atoms with Crippen molar-refractivity contribution in [2.24, 2.45) is 5.92 Å². The lowest BCUT2D eigenvalue weighted by Gasteiger charge is -2.48. The average Bonchev–Trinajstić information content (AvgIpc) is 2.91. The molecule has 10 nitrogen and oxygen atoms in total. The fourth-order valence-electron chi connectivity index (χ4n) is 5.84. The Balaban J connectivity index is 1.46. The van der Waals surface area contributed by atoms with Gasteiger partial charge in [-0.05, 0) is 49.3 Å². The van der Waals surface area contributed by atoms with Gasteiger partial charge in [-0.15, -0.1) is 0 Å². The van der Waals surface area contributed by atoms with Gasteiger partial charge < -0.3 is 25.0 Å². The van der Waals surface area contributed by atoms with Gasteiger partial charge in [-0.2, -0.15) is 4.98 Å². The molecule has 2 saturated heterocycles. The van der Waals surface area contributed by atoms with Crippen molar-refractivity contribution in [3.8, 4) is 5.75 Å². The summed E-state index contributed by atoms with van der Waals surface area (Å²) < 4.78 is 44.1. The number of piperidine rings is 1. The Morgan fingerprint density at radius 3 is 2.63 bits per heavy atom. The molecular weight excluding hydrogens is 547 g/mol. The molecule has 0 amide bonds. The second-order valence-electron chi connectivity index (χ2n) is 11.9. The third-order valence-electron chi connectivity index (χ3n) is 8.32. The van der Waals surface area contributed by atoms with Gasteiger partial charge in [-0.1, -0.05) is 19.9 Å². The van der Waals surface area contributed by atoms with Crippen LogP contribution < -0.4 is 19.9 Å². The molecule has 2 aliphatic rings. The maximum atomic E-state index is 14.9. The van der Waals surface area contributed by atoms with E-state index in [1.807, 2.05) is 12.3 Å². The first-order chi connectivity index (χ1) is 19.3. The minimum Gasteiger partial charge on any atom is -0.491 e. The van der Waals surface area contributed by atoms with Crippen molar-refractivity contribution < 1.29 is 22.7 Å². The molecule has 1 aromatic carbocycles. The molecule has 222 valence electrons. The van der Waals surface area contributed by atoms with Crippen LogP contribution in [0.2, 0.25) is 0 Å². The lowest BCUT2D eigenvalue weighted by atomic mass is 9.88. The van der Waals surface area contributed by atoms with Crippen molar-refractivity contribution in [1.82, 2.24) is 15.0 Å². The maximum Gasteiger partial charge on any atom is 0.227 e. The molecule has 0 bridgehead atoms. The zero-order valence-electron chi connectivity index (χ0n) is 24.4. The van der Waals surface area contributed by atoms with Crippen molar-refractivity contribution in [1.29, 1.82) is 0 Å². The van der Waals surface area contributed by atoms with E-state index in [4.69, 9.17) is 9.72 Å². The molecule has 2 N–H and O–H groups in total. The summed E-state index contributed by atoms with van der Waals surface area (Å²) in [4.78, 5) is 17.7. The number of aliphatic hydroxyl groups is 1. The van der Waals surface area contributed by atoms with Gasteiger partial charge in [0.25, 0.3) is 0 Å². The molecule has 41 heavy (non-hydrogen) atoms. The van der Waals surface area contributed by atoms with E-state index in [0.29, 0.717) is 36.4 Å². The monoisotopic (exact) mass is 586 g/mol. The number of anilines is 4. The molecule has 2 aromatic heterocycles. The number of aliphatic hydroxyl groups excluding tert-OH is 1. The van der Waals surface area contributed by atoms with Crippen LogP contribution in [0.3, 0.4) is 0 Å². The molecule has 12 heteroatoms. The van der Waals surface area contributed by atoms with E-state index in [1.165, 1.54) is 25.9 Å². The van der Waals surface area contributed by atoms with E-state index >= 15 is 0 Å². The number of benzene rings is 1. The third kappa shape index (κ3) is 5.90. The fraction of sp³-hybridized carbons (Fsp3) is 0.552. The van der Waals surface area contributed by atoms with Crippen molar-refractivity contribution in [2.75, 3.05) is 53.9 Å². The first kappa shape index (κ1) is 29.2. The molecule has 4 heterocycles. The van der Waals surface area contributed by atoms with Crippen LogP contribution in [0.4, 0.5) is 27.7 Å². The largest absolute Gasteiger partial charge is 0.491 e. The van der Waals surface area contributed by atoms with Gasteiger partial charge in [-0.25, -0.2) is 22.8 Å². The predicted molar refractivity (Wildman–Crippen MR) is 160 cm³/mol. The molecule has 3 aromatic rings. The normalized spacial score (nSPS) is 25.0. The number of fused-ring (bicyclic) bond motifs is 1. The summed E-state index contributed by atoms with van der Waals surface area (Å²) >= 11 is 0. The molecule has 0 radical (unpaired) electrons. The summed E-state index contributed by atoms with van der Waals surface area (Å²) in [6, 6.07) is 6.32. The molecule has 0 aliphatic carbocycles. The molecule has 0 spiro atoms. The van der Waals surface area contributed by atoms with Crippen molar-refractivity contribution in [2.45, 2.75) is 57.8 Å². The minimum atomic E-state index is -3.04. The first-order valence-electron chi connectivity index (χ1n) is 13.9. The number of ether oxygens (including phenoxy) is 1. The highest BCUT2D eigenvalue weighted by molar-refractivity contribution is 7.90. The Bertz CT molecular complexity index is 1550. The number of methoxy groups -OCH3 is 1. The van der Waals surface area contributed by atoms with Gasteiger partial charge in [0.2, 0.25) is 5.95 Å². The highest BCUT2D eigenvalue weighted by atomic mass is 32.2. The highest BCUT2D eigenvalue weighted by Gasteiger charge is 2.40. The quantitative estimate of drug-likeness (QED) is 0.400. The number of hydrogen-bond donors (Lipinski definition) is 2. The molecule has 2 aliphatic heterocycles. The Labute approximate surface area is 240 Å². The van der Waals surface area contributed by atoms with E-state index < -0.39 is 21.6 Å². The van der Waals surface area contributed by atoms with Crippen molar-refractivity contribution >= 4 is 43.9 Å². The summed E-state index contributed by atoms with van der Waals surface area (Å²) in [5.74, 6) is 2.26. The molecule has 0 unspecified atom stereocenters. The van der Waals surface area contributed by atoms with Gasteiger partial charge in [0.15, 0.2) is 17.2 Å². The number of nitrogens with zero attached hydrogens (tertiary/aromatic N) is 5. The average molecular weight is 587 g/mol. The predicted octanol–water partition coefficient (Wildman–Crippen LogP) is 4.07. The van der Waals surface area contributed by atoms with Crippen molar-refractivity contribution in [3.63, 3.8) is 0 Å². The number of aromatic nitrogens is 3. The van der Waals surface area contributed by atoms with Crippen LogP contribution in [0.25, 0.3) is 10.8 Å². The summed E-state index contributed by atoms with van der Waals surface area (Å²) in [6.45, 7) is 8.83. The second kappa shape index (κ2) is 10.9. The van der Waals surface area contributed by atoms with E-state index in [0.717, 1.165) is 16.5 Å². The minimum absolute atomic E-state index is 0.0192. The fourth-order valence-corrected chi connectivity index (χ4v) is 7.00. The van der Waals surface area contributed by atoms with Gasteiger partial charge in [0, 0.05) is 48.6 Å². The van der Waals surface area contributed by atoms with E-state index in [2.05, 4.69) is 53.1 Å². The van der Waals surface area contributed by atoms with Gasteiger partial charge in [-0.3, -0.25) is 0 Å². The molecule has 5 rings (SSSR count). The third-order valence-corrected chi connectivity index (χ3v) is 9.36. The van der Waals surface area contributed by atoms with Crippen LogP contribution in [-0.4, -0.2) is 85.0 Å². The van der Waals surface area contributed by atoms with Crippen LogP contribution in [-0.2, 0) is 9.84 Å². The molecule has 2 fully saturated rings. The van der Waals surface area contributed by atoms with Gasteiger partial charge >= 0.3 is 0 Å². The SMILES string of the molecule is COc1cnc(N2CC[C@@H](O)[C@@](C)(F)C2)nc1Nc1cc2c(C(C)C)ccc(N3C[C@H](CS(C)(=O)=O)[C@H]3C)c2cn1. The van der Waals surface area contributed by atoms with Gasteiger partial charge in [0.1, 0.15) is 15.7 Å². The van der Waals surface area contributed by atoms with E-state index in [1.54, 1.807) is 11.1 Å². The summed E-state index contributed by atoms with van der Waals surface area (Å²) in [7, 11) is -1.51. The number of sulfone groups is 1. The van der Waals surface area contributed by atoms with Crippen LogP contribution in [0.1, 0.15) is 45.6 Å². The Morgan fingerprint density at radius 2 is 2.00 bits per heavy atom. The number of pyridine rings is 1. The number of alkyl halides is 1. The van der Waals surface area contributed by atoms with Crippen LogP contribution in [0.5, 0.6) is 5.75 Å². The smallest absolute Gasteiger partial charge is 0.227 e. The van der Waals surface area contributed by atoms with Crippen LogP contribution in [0, 0.1) is 5.92 Å². The Morgan fingerprint density at radius 1 is 1.24 bits per heavy atom. The number of hydrogen-bond acceptors (Lipinski definition) is 10. The summed E-state index contributed by atoms with van der Waals surface area (Å²) in [5.41, 5.74) is 0.433. The lowest BCUT2D eigenvalue weighted by molar-refractivity contribution is -0.00860. The van der Waals surface area contributed by atoms with Crippen LogP contribution >= 0.6 is 0 Å². The second-order valence-corrected chi connectivity index (χ2v) is 14.1. The first-order valence-corrected chi connectivity index (χ1v) is 16.0. The zero-order chi connectivity index (χ0) is 29.7. The molecule has 0 saturated carbocycles. The zero-order valence-corrected chi connectivity index (χ0v) is 25.2. The summed E-state index contributed by atoms with van der Waals surface area (Å²) in [5, 5.41) is 15.3. The van der Waals surface area contributed by atoms with Gasteiger partial charge in [0.05, 0.1) is 31.7 Å². The van der Waals surface area contributed by atoms with E-state index in [-0.39, 0.29) is 36.6 Å². The topological polar surface area (TPSA) is 121 Å². The highest BCUT2D eigenvalue weighted by Crippen LogP contribution is 2.40. The number of nitrogens with one attached hydrogen (secondary N) is 1. The Kier molecular flexibility index (Phi) is 7.75. The standard InChI is InChI=1S/C29H39FN6O4S/c1-17(2)20-7-8-23(36-14-19(18(36)3)15-41(6,38)39)22-12-31-26(11-21(20)22)33-27-24(40-5)13-32-28(34-27)35-10-9-25(37)29(4,30)16-35/h7-8,11-13,17-19,25,37H,9-10,14-16H2,1-6H3,(H,31,32,33,34)/t18-,19-,25-,29+/m1/s1. The summed E-state index contributed by atoms with van der Waals surface area (Å²) in [6.07, 6.45) is 3.93. The molecule has 4 atom stereocenters. The maximum absolute atomic E-state index is 14.9. The van der Waals surface area contributed by atoms with Crippen LogP contribution in [0.15, 0.2) is 30.6 Å². The number of rotatable bonds is 8. The molecular formula is C29H39FN6O4S. The van der Waals surface area contributed by atoms with E-state index in [9.17, 15) is 17.9 Å². The van der Waals surface area contributed by atoms with Crippen molar-refractivity contribution in [3.05, 3.63) is 36.2 Å².